The quantitative estimate of drug-likeness (QED) is 0.361. The van der Waals surface area contributed by atoms with Gasteiger partial charge in [-0.05, 0) is 41.8 Å². The van der Waals surface area contributed by atoms with Crippen molar-refractivity contribution in [2.45, 2.75) is 40.7 Å². The van der Waals surface area contributed by atoms with Crippen LogP contribution in [0.25, 0.3) is 0 Å². The van der Waals surface area contributed by atoms with E-state index in [0.717, 1.165) is 23.5 Å². The molecule has 0 bridgehead atoms. The van der Waals surface area contributed by atoms with Crippen molar-refractivity contribution in [1.29, 1.82) is 0 Å². The van der Waals surface area contributed by atoms with Gasteiger partial charge in [-0.1, -0.05) is 13.8 Å². The minimum absolute atomic E-state index is 0.0320. The fourth-order valence-electron chi connectivity index (χ4n) is 2.76. The number of nitrogens with zero attached hydrogens (tertiary/aromatic N) is 3. The highest BCUT2D eigenvalue weighted by atomic mass is 79.9. The van der Waals surface area contributed by atoms with Crippen LogP contribution in [-0.4, -0.2) is 33.2 Å². The third-order valence-corrected chi connectivity index (χ3v) is 4.85. The molecule has 29 heavy (non-hydrogen) atoms. The number of esters is 1. The zero-order valence-electron chi connectivity index (χ0n) is 16.7. The van der Waals surface area contributed by atoms with Gasteiger partial charge in [0.05, 0.1) is 22.7 Å². The minimum atomic E-state index is -0.545. The molecule has 0 atom stereocenters. The Morgan fingerprint density at radius 1 is 1.34 bits per heavy atom. The van der Waals surface area contributed by atoms with Crippen LogP contribution >= 0.6 is 15.9 Å². The van der Waals surface area contributed by atoms with Crippen LogP contribution in [0, 0.1) is 29.9 Å². The maximum absolute atomic E-state index is 12.2. The van der Waals surface area contributed by atoms with Crippen molar-refractivity contribution >= 4 is 39.2 Å². The lowest BCUT2D eigenvalue weighted by Crippen LogP contribution is -2.22. The Bertz CT molecular complexity index is 939. The highest BCUT2D eigenvalue weighted by Gasteiger charge is 2.18. The van der Waals surface area contributed by atoms with Crippen LogP contribution in [0.4, 0.5) is 11.4 Å². The van der Waals surface area contributed by atoms with Gasteiger partial charge in [-0.25, -0.2) is 0 Å². The van der Waals surface area contributed by atoms with E-state index in [9.17, 15) is 19.7 Å². The van der Waals surface area contributed by atoms with Crippen LogP contribution in [-0.2, 0) is 27.3 Å². The van der Waals surface area contributed by atoms with Crippen molar-refractivity contribution < 1.29 is 19.2 Å². The first-order valence-corrected chi connectivity index (χ1v) is 9.80. The van der Waals surface area contributed by atoms with E-state index in [1.807, 2.05) is 18.5 Å². The number of rotatable bonds is 8. The Kier molecular flexibility index (Phi) is 7.49. The molecule has 0 aliphatic heterocycles. The molecular formula is C19H23BrN4O5. The summed E-state index contributed by atoms with van der Waals surface area (Å²) in [7, 11) is 0. The summed E-state index contributed by atoms with van der Waals surface area (Å²) in [6.07, 6.45) is 0.0320. The molecule has 0 saturated heterocycles. The molecule has 0 radical (unpaired) electrons. The molecule has 1 aromatic heterocycles. The molecule has 2 rings (SSSR count). The lowest BCUT2D eigenvalue weighted by Gasteiger charge is -2.09. The molecule has 0 aliphatic rings. The number of carbonyl (C=O) groups is 2. The van der Waals surface area contributed by atoms with Crippen LogP contribution in [0.15, 0.2) is 22.7 Å². The largest absolute Gasteiger partial charge is 0.455 e. The van der Waals surface area contributed by atoms with Crippen molar-refractivity contribution in [3.8, 4) is 0 Å². The molecule has 156 valence electrons. The minimum Gasteiger partial charge on any atom is -0.455 e. The number of carbonyl (C=O) groups excluding carboxylic acids is 2. The smallest absolute Gasteiger partial charge is 0.310 e. The summed E-state index contributed by atoms with van der Waals surface area (Å²) < 4.78 is 7.30. The Hall–Kier alpha value is -2.75. The number of anilines is 1. The van der Waals surface area contributed by atoms with Gasteiger partial charge in [0, 0.05) is 34.4 Å². The van der Waals surface area contributed by atoms with Crippen molar-refractivity contribution in [1.82, 2.24) is 9.78 Å². The SMILES string of the molecule is Cc1nn(CC(C)C)c(C)c1CC(=O)OCC(=O)Nc1ccc([N+](=O)[O-])cc1Br. The number of ether oxygens (including phenoxy) is 1. The molecule has 1 heterocycles. The van der Waals surface area contributed by atoms with Crippen LogP contribution in [0.1, 0.15) is 30.8 Å². The second-order valence-electron chi connectivity index (χ2n) is 7.03. The number of halogens is 1. The number of amides is 1. The van der Waals surface area contributed by atoms with Gasteiger partial charge in [-0.15, -0.1) is 0 Å². The molecule has 0 aliphatic carbocycles. The number of hydrogen-bond donors (Lipinski definition) is 1. The number of non-ortho nitro benzene ring substituents is 1. The first-order valence-electron chi connectivity index (χ1n) is 9.00. The van der Waals surface area contributed by atoms with E-state index >= 15 is 0 Å². The number of hydrogen-bond acceptors (Lipinski definition) is 6. The van der Waals surface area contributed by atoms with Gasteiger partial charge < -0.3 is 10.1 Å². The monoisotopic (exact) mass is 466 g/mol. The first kappa shape index (κ1) is 22.5. The highest BCUT2D eigenvalue weighted by molar-refractivity contribution is 9.10. The van der Waals surface area contributed by atoms with E-state index < -0.39 is 23.4 Å². The van der Waals surface area contributed by atoms with Gasteiger partial charge in [-0.2, -0.15) is 5.10 Å². The Balaban J connectivity index is 1.92. The van der Waals surface area contributed by atoms with Crippen molar-refractivity contribution in [3.63, 3.8) is 0 Å². The van der Waals surface area contributed by atoms with Gasteiger partial charge in [0.2, 0.25) is 0 Å². The maximum Gasteiger partial charge on any atom is 0.310 e. The van der Waals surface area contributed by atoms with Crippen LogP contribution < -0.4 is 5.32 Å². The van der Waals surface area contributed by atoms with Crippen molar-refractivity contribution in [2.24, 2.45) is 5.92 Å². The lowest BCUT2D eigenvalue weighted by atomic mass is 10.1. The number of benzene rings is 1. The van der Waals surface area contributed by atoms with E-state index in [1.165, 1.54) is 18.2 Å². The second-order valence-corrected chi connectivity index (χ2v) is 7.89. The number of nitro groups is 1. The molecular weight excluding hydrogens is 444 g/mol. The summed E-state index contributed by atoms with van der Waals surface area (Å²) in [6.45, 7) is 8.22. The van der Waals surface area contributed by atoms with E-state index in [1.54, 1.807) is 0 Å². The van der Waals surface area contributed by atoms with Gasteiger partial charge in [0.15, 0.2) is 6.61 Å². The zero-order chi connectivity index (χ0) is 21.7. The van der Waals surface area contributed by atoms with E-state index in [0.29, 0.717) is 16.1 Å². The van der Waals surface area contributed by atoms with E-state index in [2.05, 4.69) is 40.2 Å². The highest BCUT2D eigenvalue weighted by Crippen LogP contribution is 2.27. The summed E-state index contributed by atoms with van der Waals surface area (Å²) in [5.41, 5.74) is 2.71. The molecule has 1 N–H and O–H groups in total. The molecule has 0 spiro atoms. The van der Waals surface area contributed by atoms with Gasteiger partial charge in [-0.3, -0.25) is 24.4 Å². The molecule has 2 aromatic rings. The normalized spacial score (nSPS) is 10.8. The lowest BCUT2D eigenvalue weighted by molar-refractivity contribution is -0.384. The molecule has 10 heteroatoms. The molecule has 0 fully saturated rings. The van der Waals surface area contributed by atoms with Crippen LogP contribution in [0.2, 0.25) is 0 Å². The fraction of sp³-hybridized carbons (Fsp3) is 0.421. The summed E-state index contributed by atoms with van der Waals surface area (Å²) in [5, 5.41) is 17.8. The zero-order valence-corrected chi connectivity index (χ0v) is 18.3. The van der Waals surface area contributed by atoms with E-state index in [4.69, 9.17) is 4.74 Å². The topological polar surface area (TPSA) is 116 Å². The van der Waals surface area contributed by atoms with Gasteiger partial charge >= 0.3 is 5.97 Å². The molecule has 9 nitrogen and oxygen atoms in total. The van der Waals surface area contributed by atoms with Gasteiger partial charge in [0.25, 0.3) is 11.6 Å². The van der Waals surface area contributed by atoms with Crippen LogP contribution in [0.3, 0.4) is 0 Å². The first-order chi connectivity index (χ1) is 13.6. The van der Waals surface area contributed by atoms with E-state index in [-0.39, 0.29) is 12.1 Å². The molecule has 0 unspecified atom stereocenters. The van der Waals surface area contributed by atoms with Crippen LogP contribution in [0.5, 0.6) is 0 Å². The average molecular weight is 467 g/mol. The summed E-state index contributed by atoms with van der Waals surface area (Å²) in [6, 6.07) is 3.95. The number of nitro benzene ring substituents is 1. The maximum atomic E-state index is 12.2. The average Bonchev–Trinajstić information content (AvgIpc) is 2.88. The summed E-state index contributed by atoms with van der Waals surface area (Å²) in [5.74, 6) is -0.648. The fourth-order valence-corrected chi connectivity index (χ4v) is 3.23. The Morgan fingerprint density at radius 3 is 2.62 bits per heavy atom. The summed E-state index contributed by atoms with van der Waals surface area (Å²) >= 11 is 3.17. The predicted octanol–water partition coefficient (Wildman–Crippen LogP) is 3.55. The summed E-state index contributed by atoms with van der Waals surface area (Å²) in [4.78, 5) is 34.4. The standard InChI is InChI=1S/C19H23BrN4O5/c1-11(2)9-23-13(4)15(12(3)22-23)8-19(26)29-10-18(25)21-17-6-5-14(24(27)28)7-16(17)20/h5-7,11H,8-10H2,1-4H3,(H,21,25). The van der Waals surface area contributed by atoms with Gasteiger partial charge in [0.1, 0.15) is 0 Å². The third kappa shape index (κ3) is 6.11. The Morgan fingerprint density at radius 2 is 2.03 bits per heavy atom. The number of aromatic nitrogens is 2. The predicted molar refractivity (Wildman–Crippen MR) is 111 cm³/mol. The third-order valence-electron chi connectivity index (χ3n) is 4.19. The van der Waals surface area contributed by atoms with Crippen molar-refractivity contribution in [3.05, 3.63) is 49.7 Å². The molecule has 1 amide bonds. The molecule has 0 saturated carbocycles. The molecule has 1 aromatic carbocycles. The Labute approximate surface area is 176 Å². The second kappa shape index (κ2) is 9.64. The number of nitrogens with one attached hydrogen (secondary N) is 1. The number of aryl methyl sites for hydroxylation is 1. The van der Waals surface area contributed by atoms with Crippen molar-refractivity contribution in [2.75, 3.05) is 11.9 Å².